The van der Waals surface area contributed by atoms with E-state index in [2.05, 4.69) is 0 Å². The van der Waals surface area contributed by atoms with E-state index in [1.807, 2.05) is 6.92 Å². The van der Waals surface area contributed by atoms with Crippen LogP contribution >= 0.6 is 0 Å². The van der Waals surface area contributed by atoms with Crippen molar-refractivity contribution < 1.29 is 62.6 Å². The molecule has 250 valence electrons. The van der Waals surface area contributed by atoms with Crippen molar-refractivity contribution in [2.75, 3.05) is 0 Å². The van der Waals surface area contributed by atoms with Gasteiger partial charge in [-0.25, -0.2) is 4.79 Å². The Kier molecular flexibility index (Phi) is 9.33. The van der Waals surface area contributed by atoms with Crippen LogP contribution in [0.1, 0.15) is 81.1 Å². The number of esters is 5. The molecule has 8 unspecified atom stereocenters. The van der Waals surface area contributed by atoms with Gasteiger partial charge < -0.3 is 38.6 Å². The van der Waals surface area contributed by atoms with E-state index in [0.717, 1.165) is 33.6 Å². The molecule has 0 radical (unpaired) electrons. The highest BCUT2D eigenvalue weighted by Crippen LogP contribution is 2.65. The first kappa shape index (κ1) is 34.6. The van der Waals surface area contributed by atoms with Crippen LogP contribution in [0, 0.1) is 11.3 Å². The second-order valence-electron chi connectivity index (χ2n) is 13.0. The Morgan fingerprint density at radius 3 is 2.09 bits per heavy atom. The number of aliphatic hydroxyl groups excluding tert-OH is 1. The average molecular weight is 637 g/mol. The number of carbonyl (C=O) groups excluding carboxylic acids is 5. The lowest BCUT2D eigenvalue weighted by Crippen LogP contribution is -2.69. The summed E-state index contributed by atoms with van der Waals surface area (Å²) >= 11 is 0. The molecular formula is C32H44O13. The lowest BCUT2D eigenvalue weighted by molar-refractivity contribution is -0.230. The SMILES string of the molecule is CCCCCC(=O)OC1/C(C)=C\C2OC(=O)[C@]3(C)OC23C(OC(C)=O)C2[C@](C)(O)C(O)C=C[C@]2(C)C(OC(C)=O)C1OC(C)=O. The number of ether oxygens (including phenoxy) is 6. The Bertz CT molecular complexity index is 1300. The highest BCUT2D eigenvalue weighted by atomic mass is 16.7. The highest BCUT2D eigenvalue weighted by molar-refractivity contribution is 5.89. The summed E-state index contributed by atoms with van der Waals surface area (Å²) in [5.41, 5.74) is -6.81. The molecule has 2 heterocycles. The maximum Gasteiger partial charge on any atom is 0.342 e. The van der Waals surface area contributed by atoms with Crippen LogP contribution in [0.4, 0.5) is 0 Å². The molecule has 1 spiro atoms. The van der Waals surface area contributed by atoms with E-state index in [4.69, 9.17) is 28.4 Å². The predicted octanol–water partition coefficient (Wildman–Crippen LogP) is 1.99. The summed E-state index contributed by atoms with van der Waals surface area (Å²) in [6.45, 7) is 11.3. The number of carbonyl (C=O) groups is 5. The molecule has 13 nitrogen and oxygen atoms in total. The molecule has 0 aromatic carbocycles. The monoisotopic (exact) mass is 636 g/mol. The molecule has 2 saturated heterocycles. The number of hydrogen-bond donors (Lipinski definition) is 2. The molecule has 4 rings (SSSR count). The van der Waals surface area contributed by atoms with Crippen molar-refractivity contribution in [3.05, 3.63) is 23.8 Å². The van der Waals surface area contributed by atoms with Crippen molar-refractivity contribution in [2.24, 2.45) is 11.3 Å². The van der Waals surface area contributed by atoms with Gasteiger partial charge in [-0.05, 0) is 38.8 Å². The van der Waals surface area contributed by atoms with Gasteiger partial charge in [0.1, 0.15) is 12.2 Å². The minimum atomic E-state index is -2.12. The van der Waals surface area contributed by atoms with Gasteiger partial charge in [0.2, 0.25) is 0 Å². The zero-order valence-electron chi connectivity index (χ0n) is 27.0. The van der Waals surface area contributed by atoms with Crippen LogP contribution in [-0.4, -0.2) is 93.5 Å². The molecule has 0 aromatic rings. The lowest BCUT2D eigenvalue weighted by Gasteiger charge is -2.55. The summed E-state index contributed by atoms with van der Waals surface area (Å²) in [5, 5.41) is 23.1. The van der Waals surface area contributed by atoms with Gasteiger partial charge in [0.25, 0.3) is 0 Å². The Morgan fingerprint density at radius 1 is 0.933 bits per heavy atom. The summed E-state index contributed by atoms with van der Waals surface area (Å²) in [6, 6.07) is 0. The Morgan fingerprint density at radius 2 is 1.53 bits per heavy atom. The van der Waals surface area contributed by atoms with Crippen LogP contribution in [0.2, 0.25) is 0 Å². The molecule has 0 amide bonds. The first-order valence-electron chi connectivity index (χ1n) is 15.3. The topological polar surface area (TPSA) is 184 Å². The zero-order chi connectivity index (χ0) is 33.7. The number of hydrogen-bond acceptors (Lipinski definition) is 13. The van der Waals surface area contributed by atoms with E-state index < -0.39 is 94.6 Å². The summed E-state index contributed by atoms with van der Waals surface area (Å²) < 4.78 is 35.5. The van der Waals surface area contributed by atoms with Crippen LogP contribution in [0.3, 0.4) is 0 Å². The Labute approximate surface area is 262 Å². The minimum Gasteiger partial charge on any atom is -0.459 e. The molecule has 0 aromatic heterocycles. The number of aliphatic hydroxyl groups is 2. The van der Waals surface area contributed by atoms with Gasteiger partial charge in [-0.2, -0.15) is 0 Å². The normalized spacial score (nSPS) is 42.8. The van der Waals surface area contributed by atoms with Crippen LogP contribution in [0.5, 0.6) is 0 Å². The second kappa shape index (κ2) is 12.1. The van der Waals surface area contributed by atoms with Gasteiger partial charge >= 0.3 is 29.8 Å². The van der Waals surface area contributed by atoms with Crippen molar-refractivity contribution in [1.29, 1.82) is 0 Å². The molecule has 13 heteroatoms. The zero-order valence-corrected chi connectivity index (χ0v) is 27.0. The van der Waals surface area contributed by atoms with E-state index in [1.165, 1.54) is 32.1 Å². The fourth-order valence-corrected chi connectivity index (χ4v) is 7.38. The number of epoxide rings is 1. The number of unbranched alkanes of at least 4 members (excludes halogenated alkanes) is 2. The van der Waals surface area contributed by atoms with Gasteiger partial charge in [-0.1, -0.05) is 38.8 Å². The molecule has 2 fully saturated rings. The van der Waals surface area contributed by atoms with Gasteiger partial charge in [0.15, 0.2) is 35.6 Å². The number of fused-ring (bicyclic) bond motifs is 1. The van der Waals surface area contributed by atoms with Crippen molar-refractivity contribution in [2.45, 2.75) is 135 Å². The molecule has 2 N–H and O–H groups in total. The van der Waals surface area contributed by atoms with E-state index in [9.17, 15) is 34.2 Å². The van der Waals surface area contributed by atoms with Crippen LogP contribution < -0.4 is 0 Å². The first-order valence-corrected chi connectivity index (χ1v) is 15.3. The van der Waals surface area contributed by atoms with E-state index in [-0.39, 0.29) is 12.0 Å². The molecule has 2 aliphatic carbocycles. The standard InChI is InChI=1S/C32H44O13/c1-9-10-11-12-22(37)44-23-16(2)15-21-32(31(8,45-32)28(38)43-21)27(42-19(5)35)25-29(6,14-13-20(36)30(25,7)39)26(41-18(4)34)24(23)40-17(3)33/h13-15,20-21,23-27,36,39H,9-12H2,1-8H3/b16-15-/t20?,21?,23?,24?,25?,26?,27?,29-,30+,31-,32?/m0/s1. The van der Waals surface area contributed by atoms with Gasteiger partial charge in [-0.3, -0.25) is 19.2 Å². The van der Waals surface area contributed by atoms with Gasteiger partial charge in [0, 0.05) is 38.5 Å². The average Bonchev–Trinajstić information content (AvgIpc) is 3.51. The largest absolute Gasteiger partial charge is 0.459 e. The first-order chi connectivity index (χ1) is 20.9. The molecule has 2 aliphatic heterocycles. The molecule has 0 saturated carbocycles. The highest BCUT2D eigenvalue weighted by Gasteiger charge is 2.88. The maximum atomic E-state index is 13.3. The van der Waals surface area contributed by atoms with Crippen LogP contribution in [-0.2, 0) is 52.4 Å². The maximum absolute atomic E-state index is 13.3. The van der Waals surface area contributed by atoms with Crippen LogP contribution in [0.15, 0.2) is 23.8 Å². The molecular weight excluding hydrogens is 592 g/mol. The molecule has 0 bridgehead atoms. The quantitative estimate of drug-likeness (QED) is 0.130. The lowest BCUT2D eigenvalue weighted by atomic mass is 9.55. The summed E-state index contributed by atoms with van der Waals surface area (Å²) in [5.74, 6) is -5.13. The minimum absolute atomic E-state index is 0.0569. The summed E-state index contributed by atoms with van der Waals surface area (Å²) in [4.78, 5) is 64.5. The van der Waals surface area contributed by atoms with Crippen LogP contribution in [0.25, 0.3) is 0 Å². The van der Waals surface area contributed by atoms with Crippen molar-refractivity contribution in [3.63, 3.8) is 0 Å². The third-order valence-corrected chi connectivity index (χ3v) is 9.59. The molecule has 45 heavy (non-hydrogen) atoms. The third-order valence-electron chi connectivity index (χ3n) is 9.59. The predicted molar refractivity (Wildman–Crippen MR) is 154 cm³/mol. The van der Waals surface area contributed by atoms with E-state index >= 15 is 0 Å². The van der Waals surface area contributed by atoms with E-state index in [0.29, 0.717) is 6.42 Å². The second-order valence-corrected chi connectivity index (χ2v) is 13.0. The van der Waals surface area contributed by atoms with Crippen molar-refractivity contribution >= 4 is 29.8 Å². The Balaban J connectivity index is 2.05. The van der Waals surface area contributed by atoms with Gasteiger partial charge in [0.05, 0.1) is 5.60 Å². The fourth-order valence-electron chi connectivity index (χ4n) is 7.38. The third kappa shape index (κ3) is 5.78. The molecule has 4 aliphatic rings. The van der Waals surface area contributed by atoms with E-state index in [1.54, 1.807) is 13.8 Å². The van der Waals surface area contributed by atoms with Gasteiger partial charge in [-0.15, -0.1) is 0 Å². The summed E-state index contributed by atoms with van der Waals surface area (Å²) in [7, 11) is 0. The van der Waals surface area contributed by atoms with Crippen molar-refractivity contribution in [3.8, 4) is 0 Å². The fraction of sp³-hybridized carbons (Fsp3) is 0.719. The Hall–Kier alpha value is -3.29. The summed E-state index contributed by atoms with van der Waals surface area (Å²) in [6.07, 6.45) is -2.13. The number of rotatable bonds is 8. The smallest absolute Gasteiger partial charge is 0.342 e. The molecule has 11 atom stereocenters. The van der Waals surface area contributed by atoms with Crippen molar-refractivity contribution in [1.82, 2.24) is 0 Å².